The molecule has 0 unspecified atom stereocenters. The van der Waals surface area contributed by atoms with Crippen molar-refractivity contribution in [2.24, 2.45) is 5.41 Å². The molecular weight excluding hydrogens is 586 g/mol. The van der Waals surface area contributed by atoms with Gasteiger partial charge in [0.1, 0.15) is 11.6 Å². The fourth-order valence-electron chi connectivity index (χ4n) is 4.16. The number of rotatable bonds is 8. The maximum Gasteiger partial charge on any atom is 0.410 e. The number of hydrogen-bond acceptors (Lipinski definition) is 6. The van der Waals surface area contributed by atoms with Crippen molar-refractivity contribution < 1.29 is 45.4 Å². The fraction of sp³-hybridized carbons (Fsp3) is 0.667. The number of carbonyl (C=O) groups excluding carboxylic acids is 2. The first-order chi connectivity index (χ1) is 18.6. The summed E-state index contributed by atoms with van der Waals surface area (Å²) in [5.74, 6) is 0. The van der Waals surface area contributed by atoms with E-state index in [-0.39, 0.29) is 28.7 Å². The quantitative estimate of drug-likeness (QED) is 0.375. The number of halogens is 7. The van der Waals surface area contributed by atoms with Crippen LogP contribution in [0.4, 0.5) is 35.9 Å². The monoisotopic (exact) mass is 616 g/mol. The van der Waals surface area contributed by atoms with E-state index in [0.29, 0.717) is 0 Å². The Labute approximate surface area is 236 Å². The Hall–Kier alpha value is -3.01. The molecule has 3 atom stereocenters. The number of urea groups is 1. The van der Waals surface area contributed by atoms with Gasteiger partial charge in [-0.2, -0.15) is 31.4 Å². The van der Waals surface area contributed by atoms with Crippen LogP contribution in [0.15, 0.2) is 12.3 Å². The fourth-order valence-corrected chi connectivity index (χ4v) is 4.42. The molecule has 3 rings (SSSR count). The third-order valence-electron chi connectivity index (χ3n) is 6.37. The van der Waals surface area contributed by atoms with Crippen LogP contribution in [0.3, 0.4) is 0 Å². The molecule has 2 aromatic heterocycles. The number of imidazole rings is 1. The summed E-state index contributed by atoms with van der Waals surface area (Å²) >= 11 is 6.36. The topological polar surface area (TPSA) is 110 Å². The van der Waals surface area contributed by atoms with Gasteiger partial charge in [0.05, 0.1) is 42.5 Å². The van der Waals surface area contributed by atoms with E-state index in [4.69, 9.17) is 21.1 Å². The van der Waals surface area contributed by atoms with E-state index in [1.807, 2.05) is 5.32 Å². The van der Waals surface area contributed by atoms with Crippen molar-refractivity contribution in [3.05, 3.63) is 28.7 Å². The molecule has 3 amide bonds. The van der Waals surface area contributed by atoms with Gasteiger partial charge >= 0.3 is 24.5 Å². The molecule has 0 spiro atoms. The molecule has 1 saturated heterocycles. The Balaban J connectivity index is 2.02. The molecule has 17 heteroatoms. The summed E-state index contributed by atoms with van der Waals surface area (Å²) in [5, 5.41) is 8.25. The lowest BCUT2D eigenvalue weighted by Gasteiger charge is -2.32. The van der Waals surface area contributed by atoms with Crippen molar-refractivity contribution >= 4 is 29.4 Å². The van der Waals surface area contributed by atoms with Gasteiger partial charge in [-0.3, -0.25) is 0 Å². The Morgan fingerprint density at radius 2 is 1.83 bits per heavy atom. The molecule has 10 nitrogen and oxygen atoms in total. The number of methoxy groups -OCH3 is 1. The van der Waals surface area contributed by atoms with E-state index in [2.05, 4.69) is 15.4 Å². The standard InChI is InChI=1S/C24H31ClF6N6O4/c1-21(2,3)41-20(39)33-13(8-22(4,5)24(29,30)31)14-9-37-17(32-14)7-12(18(25)35-37)15(11-40-6)36-10-16(23(26,27)28)34-19(36)38/h7,9,13,15-16H,8,10-11H2,1-6H3,(H,33,39)(H,34,38)/t13-,15+,16-/m0/s1. The molecule has 2 N–H and O–H groups in total. The van der Waals surface area contributed by atoms with Gasteiger partial charge in [0, 0.05) is 12.7 Å². The van der Waals surface area contributed by atoms with Crippen molar-refractivity contribution in [1.29, 1.82) is 0 Å². The van der Waals surface area contributed by atoms with Crippen molar-refractivity contribution in [3.8, 4) is 0 Å². The molecule has 0 saturated carbocycles. The van der Waals surface area contributed by atoms with Gasteiger partial charge in [-0.1, -0.05) is 25.4 Å². The third-order valence-corrected chi connectivity index (χ3v) is 6.67. The lowest BCUT2D eigenvalue weighted by atomic mass is 9.84. The van der Waals surface area contributed by atoms with Crippen molar-refractivity contribution in [2.45, 2.75) is 77.1 Å². The van der Waals surface area contributed by atoms with Crippen LogP contribution in [-0.2, 0) is 9.47 Å². The van der Waals surface area contributed by atoms with Crippen molar-refractivity contribution in [2.75, 3.05) is 20.3 Å². The zero-order valence-electron chi connectivity index (χ0n) is 23.1. The molecule has 0 aromatic carbocycles. The molecule has 0 aliphatic carbocycles. The van der Waals surface area contributed by atoms with Gasteiger partial charge in [-0.15, -0.1) is 0 Å². The molecule has 1 aliphatic rings. The summed E-state index contributed by atoms with van der Waals surface area (Å²) in [4.78, 5) is 30.2. The maximum absolute atomic E-state index is 13.8. The lowest BCUT2D eigenvalue weighted by Crippen LogP contribution is -2.40. The summed E-state index contributed by atoms with van der Waals surface area (Å²) < 4.78 is 92.6. The first-order valence-corrected chi connectivity index (χ1v) is 12.8. The van der Waals surface area contributed by atoms with E-state index in [1.165, 1.54) is 19.4 Å². The first-order valence-electron chi connectivity index (χ1n) is 12.4. The predicted octanol–water partition coefficient (Wildman–Crippen LogP) is 5.57. The molecule has 230 valence electrons. The Kier molecular flexibility index (Phi) is 8.99. The molecule has 41 heavy (non-hydrogen) atoms. The van der Waals surface area contributed by atoms with E-state index in [1.54, 1.807) is 20.8 Å². The van der Waals surface area contributed by atoms with Gasteiger partial charge in [0.25, 0.3) is 0 Å². The SMILES string of the molecule is COC[C@H](c1cc2nc([C@H](CC(C)(C)C(F)(F)F)NC(=O)OC(C)(C)C)cn2nc1Cl)N1C[C@@H](C(F)(F)F)NC1=O. The van der Waals surface area contributed by atoms with Gasteiger partial charge in [-0.05, 0) is 33.3 Å². The van der Waals surface area contributed by atoms with Crippen LogP contribution in [0.1, 0.15) is 64.4 Å². The molecule has 0 bridgehead atoms. The number of hydrogen-bond donors (Lipinski definition) is 2. The normalized spacial score (nSPS) is 18.4. The zero-order chi connectivity index (χ0) is 31.1. The Bertz CT molecular complexity index is 1280. The largest absolute Gasteiger partial charge is 0.444 e. The first kappa shape index (κ1) is 32.5. The van der Waals surface area contributed by atoms with Crippen LogP contribution in [0.2, 0.25) is 5.15 Å². The van der Waals surface area contributed by atoms with Crippen molar-refractivity contribution in [1.82, 2.24) is 30.1 Å². The van der Waals surface area contributed by atoms with Gasteiger partial charge < -0.3 is 25.0 Å². The second-order valence-corrected chi connectivity index (χ2v) is 11.7. The minimum absolute atomic E-state index is 0.00626. The van der Waals surface area contributed by atoms with Crippen molar-refractivity contribution in [3.63, 3.8) is 0 Å². The van der Waals surface area contributed by atoms with Gasteiger partial charge in [0.2, 0.25) is 0 Å². The Morgan fingerprint density at radius 1 is 1.20 bits per heavy atom. The van der Waals surface area contributed by atoms with Crippen LogP contribution in [0, 0.1) is 5.41 Å². The van der Waals surface area contributed by atoms with Crippen LogP contribution in [-0.4, -0.2) is 75.9 Å². The molecule has 1 aliphatic heterocycles. The highest BCUT2D eigenvalue weighted by molar-refractivity contribution is 6.30. The van der Waals surface area contributed by atoms with Crippen LogP contribution < -0.4 is 10.6 Å². The number of nitrogens with zero attached hydrogens (tertiary/aromatic N) is 4. The van der Waals surface area contributed by atoms with Gasteiger partial charge in [-0.25, -0.2) is 19.1 Å². The average Bonchev–Trinajstić information content (AvgIpc) is 3.37. The number of carbonyl (C=O) groups is 2. The highest BCUT2D eigenvalue weighted by Crippen LogP contribution is 2.44. The minimum Gasteiger partial charge on any atom is -0.444 e. The highest BCUT2D eigenvalue weighted by atomic mass is 35.5. The summed E-state index contributed by atoms with van der Waals surface area (Å²) in [6.45, 7) is 5.77. The maximum atomic E-state index is 13.8. The Morgan fingerprint density at radius 3 is 2.34 bits per heavy atom. The number of alkyl halides is 6. The number of amides is 3. The van der Waals surface area contributed by atoms with Crippen LogP contribution >= 0.6 is 11.6 Å². The number of aromatic nitrogens is 3. The number of fused-ring (bicyclic) bond motifs is 1. The van der Waals surface area contributed by atoms with E-state index in [9.17, 15) is 35.9 Å². The lowest BCUT2D eigenvalue weighted by molar-refractivity contribution is -0.215. The highest BCUT2D eigenvalue weighted by Gasteiger charge is 2.50. The second-order valence-electron chi connectivity index (χ2n) is 11.3. The molecule has 1 fully saturated rings. The number of ether oxygens (including phenoxy) is 2. The van der Waals surface area contributed by atoms with E-state index in [0.717, 1.165) is 23.3 Å². The number of alkyl carbamates (subject to hydrolysis) is 1. The molecule has 3 heterocycles. The summed E-state index contributed by atoms with van der Waals surface area (Å²) in [6, 6.07) is -4.14. The van der Waals surface area contributed by atoms with Gasteiger partial charge in [0.15, 0.2) is 10.8 Å². The predicted molar refractivity (Wildman–Crippen MR) is 134 cm³/mol. The molecular formula is C24H31ClF6N6O4. The van der Waals surface area contributed by atoms with Crippen LogP contribution in [0.5, 0.6) is 0 Å². The second kappa shape index (κ2) is 11.3. The van der Waals surface area contributed by atoms with E-state index >= 15 is 0 Å². The zero-order valence-corrected chi connectivity index (χ0v) is 23.8. The summed E-state index contributed by atoms with van der Waals surface area (Å²) in [5.41, 5.74) is -3.04. The smallest absolute Gasteiger partial charge is 0.410 e. The van der Waals surface area contributed by atoms with Crippen LogP contribution in [0.25, 0.3) is 5.65 Å². The van der Waals surface area contributed by atoms with E-state index < -0.39 is 66.6 Å². The molecule has 2 aromatic rings. The molecule has 0 radical (unpaired) electrons. The third kappa shape index (κ3) is 7.64. The minimum atomic E-state index is -4.69. The summed E-state index contributed by atoms with van der Waals surface area (Å²) in [6.07, 6.45) is -9.62. The average molecular weight is 617 g/mol. The number of nitrogens with one attached hydrogen (secondary N) is 2. The summed E-state index contributed by atoms with van der Waals surface area (Å²) in [7, 11) is 1.28.